The van der Waals surface area contributed by atoms with E-state index in [2.05, 4.69) is 0 Å². The summed E-state index contributed by atoms with van der Waals surface area (Å²) in [6.45, 7) is 1.86. The molecular formula is C13H14N2O3. The SMILES string of the molecule is CC(=O)c1ccc(N2CC(=O)N(C)C(=O)C2)cc1. The zero-order chi connectivity index (χ0) is 13.3. The van der Waals surface area contributed by atoms with E-state index >= 15 is 0 Å². The molecule has 1 aliphatic heterocycles. The van der Waals surface area contributed by atoms with Crippen LogP contribution in [0, 0.1) is 0 Å². The minimum absolute atomic E-state index is 0.00733. The zero-order valence-corrected chi connectivity index (χ0v) is 10.3. The van der Waals surface area contributed by atoms with Gasteiger partial charge in [-0.05, 0) is 31.2 Å². The molecule has 18 heavy (non-hydrogen) atoms. The van der Waals surface area contributed by atoms with E-state index in [1.807, 2.05) is 0 Å². The van der Waals surface area contributed by atoms with Crippen molar-refractivity contribution in [2.75, 3.05) is 25.0 Å². The monoisotopic (exact) mass is 246 g/mol. The van der Waals surface area contributed by atoms with Crippen molar-refractivity contribution in [3.05, 3.63) is 29.8 Å². The van der Waals surface area contributed by atoms with Crippen molar-refractivity contribution in [3.8, 4) is 0 Å². The third-order valence-corrected chi connectivity index (χ3v) is 3.04. The number of rotatable bonds is 2. The Morgan fingerprint density at radius 3 is 2.00 bits per heavy atom. The van der Waals surface area contributed by atoms with Crippen LogP contribution in [-0.2, 0) is 9.59 Å². The second-order valence-corrected chi connectivity index (χ2v) is 4.31. The Balaban J connectivity index is 2.19. The molecule has 0 radical (unpaired) electrons. The first-order chi connectivity index (χ1) is 8.49. The summed E-state index contributed by atoms with van der Waals surface area (Å²) in [6, 6.07) is 6.90. The van der Waals surface area contributed by atoms with Crippen molar-refractivity contribution in [2.45, 2.75) is 6.92 Å². The highest BCUT2D eigenvalue weighted by Crippen LogP contribution is 2.18. The van der Waals surface area contributed by atoms with Gasteiger partial charge in [0.1, 0.15) is 0 Å². The van der Waals surface area contributed by atoms with Crippen LogP contribution in [-0.4, -0.2) is 42.6 Å². The number of hydrogen-bond acceptors (Lipinski definition) is 4. The van der Waals surface area contributed by atoms with Gasteiger partial charge in [-0.1, -0.05) is 0 Å². The summed E-state index contributed by atoms with van der Waals surface area (Å²) in [6.07, 6.45) is 0. The standard InChI is InChI=1S/C13H14N2O3/c1-9(16)10-3-5-11(6-4-10)15-7-12(17)14(2)13(18)8-15/h3-6H,7-8H2,1-2H3. The normalized spacial score (nSPS) is 16.1. The highest BCUT2D eigenvalue weighted by molar-refractivity contribution is 6.02. The van der Waals surface area contributed by atoms with Crippen molar-refractivity contribution in [3.63, 3.8) is 0 Å². The molecule has 2 rings (SSSR count). The van der Waals surface area contributed by atoms with Crippen molar-refractivity contribution in [2.24, 2.45) is 0 Å². The molecule has 1 aromatic carbocycles. The molecule has 0 unspecified atom stereocenters. The van der Waals surface area contributed by atoms with Gasteiger partial charge in [0.05, 0.1) is 13.1 Å². The number of nitrogens with zero attached hydrogens (tertiary/aromatic N) is 2. The molecule has 0 bridgehead atoms. The van der Waals surface area contributed by atoms with Crippen LogP contribution in [0.3, 0.4) is 0 Å². The van der Waals surface area contributed by atoms with Gasteiger partial charge >= 0.3 is 0 Å². The molecular weight excluding hydrogens is 232 g/mol. The number of ketones is 1. The van der Waals surface area contributed by atoms with Crippen LogP contribution in [0.15, 0.2) is 24.3 Å². The maximum absolute atomic E-state index is 11.6. The molecule has 0 saturated carbocycles. The summed E-state index contributed by atoms with van der Waals surface area (Å²) in [5.41, 5.74) is 1.39. The van der Waals surface area contributed by atoms with Crippen LogP contribution in [0.5, 0.6) is 0 Å². The van der Waals surface area contributed by atoms with Gasteiger partial charge in [0.25, 0.3) is 0 Å². The highest BCUT2D eigenvalue weighted by atomic mass is 16.2. The average molecular weight is 246 g/mol. The fourth-order valence-electron chi connectivity index (χ4n) is 1.82. The first-order valence-corrected chi connectivity index (χ1v) is 5.64. The van der Waals surface area contributed by atoms with E-state index in [0.29, 0.717) is 5.56 Å². The molecule has 2 amide bonds. The number of piperazine rings is 1. The van der Waals surface area contributed by atoms with E-state index in [-0.39, 0.29) is 30.7 Å². The molecule has 94 valence electrons. The quantitative estimate of drug-likeness (QED) is 0.569. The third kappa shape index (κ3) is 2.25. The molecule has 0 spiro atoms. The van der Waals surface area contributed by atoms with Crippen molar-refractivity contribution in [1.82, 2.24) is 4.90 Å². The van der Waals surface area contributed by atoms with Crippen molar-refractivity contribution >= 4 is 23.3 Å². The minimum atomic E-state index is -0.220. The Hall–Kier alpha value is -2.17. The number of carbonyl (C=O) groups is 3. The molecule has 1 aliphatic rings. The molecule has 0 N–H and O–H groups in total. The number of carbonyl (C=O) groups excluding carboxylic acids is 3. The van der Waals surface area contributed by atoms with E-state index in [4.69, 9.17) is 0 Å². The van der Waals surface area contributed by atoms with Crippen LogP contribution in [0.4, 0.5) is 5.69 Å². The summed E-state index contributed by atoms with van der Waals surface area (Å²) in [5.74, 6) is -0.448. The average Bonchev–Trinajstić information content (AvgIpc) is 2.35. The van der Waals surface area contributed by atoms with Crippen LogP contribution in [0.2, 0.25) is 0 Å². The summed E-state index contributed by atoms with van der Waals surface area (Å²) >= 11 is 0. The summed E-state index contributed by atoms with van der Waals surface area (Å²) in [4.78, 5) is 37.1. The predicted molar refractivity (Wildman–Crippen MR) is 66.4 cm³/mol. The maximum atomic E-state index is 11.6. The molecule has 1 heterocycles. The van der Waals surface area contributed by atoms with Crippen LogP contribution >= 0.6 is 0 Å². The van der Waals surface area contributed by atoms with Gasteiger partial charge in [-0.3, -0.25) is 19.3 Å². The van der Waals surface area contributed by atoms with E-state index in [1.165, 1.54) is 14.0 Å². The molecule has 1 saturated heterocycles. The lowest BCUT2D eigenvalue weighted by Gasteiger charge is -2.31. The predicted octanol–water partition coefficient (Wildman–Crippen LogP) is 0.694. The lowest BCUT2D eigenvalue weighted by molar-refractivity contribution is -0.143. The Morgan fingerprint density at radius 2 is 1.56 bits per heavy atom. The van der Waals surface area contributed by atoms with Gasteiger partial charge in [0, 0.05) is 18.3 Å². The Kier molecular flexibility index (Phi) is 3.14. The lowest BCUT2D eigenvalue weighted by atomic mass is 10.1. The smallest absolute Gasteiger partial charge is 0.248 e. The number of imide groups is 1. The number of anilines is 1. The van der Waals surface area contributed by atoms with E-state index < -0.39 is 0 Å². The molecule has 0 aromatic heterocycles. The van der Waals surface area contributed by atoms with Crippen LogP contribution in [0.1, 0.15) is 17.3 Å². The Morgan fingerprint density at radius 1 is 1.06 bits per heavy atom. The molecule has 5 heteroatoms. The van der Waals surface area contributed by atoms with E-state index in [0.717, 1.165) is 10.6 Å². The number of Topliss-reactive ketones (excluding diaryl/α,β-unsaturated/α-hetero) is 1. The Labute approximate surface area is 105 Å². The molecule has 1 fully saturated rings. The molecule has 0 aliphatic carbocycles. The van der Waals surface area contributed by atoms with Gasteiger partial charge in [-0.25, -0.2) is 0 Å². The summed E-state index contributed by atoms with van der Waals surface area (Å²) in [7, 11) is 1.49. The minimum Gasteiger partial charge on any atom is -0.353 e. The second-order valence-electron chi connectivity index (χ2n) is 4.31. The lowest BCUT2D eigenvalue weighted by Crippen LogP contribution is -2.52. The fourth-order valence-corrected chi connectivity index (χ4v) is 1.82. The van der Waals surface area contributed by atoms with Crippen molar-refractivity contribution < 1.29 is 14.4 Å². The van der Waals surface area contributed by atoms with Gasteiger partial charge in [0.2, 0.25) is 11.8 Å². The van der Waals surface area contributed by atoms with Crippen LogP contribution in [0.25, 0.3) is 0 Å². The maximum Gasteiger partial charge on any atom is 0.248 e. The van der Waals surface area contributed by atoms with Gasteiger partial charge in [0.15, 0.2) is 5.78 Å². The summed E-state index contributed by atoms with van der Waals surface area (Å²) < 4.78 is 0. The molecule has 5 nitrogen and oxygen atoms in total. The number of likely N-dealkylation sites (N-methyl/N-ethyl adjacent to an activating group) is 1. The fraction of sp³-hybridized carbons (Fsp3) is 0.308. The van der Waals surface area contributed by atoms with Gasteiger partial charge < -0.3 is 4.90 Å². The Bertz CT molecular complexity index is 489. The molecule has 1 aromatic rings. The third-order valence-electron chi connectivity index (χ3n) is 3.04. The first-order valence-electron chi connectivity index (χ1n) is 5.64. The van der Waals surface area contributed by atoms with E-state index in [9.17, 15) is 14.4 Å². The van der Waals surface area contributed by atoms with Crippen molar-refractivity contribution in [1.29, 1.82) is 0 Å². The number of hydrogen-bond donors (Lipinski definition) is 0. The first kappa shape index (κ1) is 12.3. The highest BCUT2D eigenvalue weighted by Gasteiger charge is 2.27. The topological polar surface area (TPSA) is 57.7 Å². The number of amides is 2. The van der Waals surface area contributed by atoms with Gasteiger partial charge in [-0.2, -0.15) is 0 Å². The second kappa shape index (κ2) is 4.60. The van der Waals surface area contributed by atoms with E-state index in [1.54, 1.807) is 29.2 Å². The van der Waals surface area contributed by atoms with Gasteiger partial charge in [-0.15, -0.1) is 0 Å². The zero-order valence-electron chi connectivity index (χ0n) is 10.3. The number of benzene rings is 1. The summed E-state index contributed by atoms with van der Waals surface area (Å²) in [5, 5.41) is 0. The van der Waals surface area contributed by atoms with Crippen LogP contribution < -0.4 is 4.90 Å². The molecule has 0 atom stereocenters. The largest absolute Gasteiger partial charge is 0.353 e.